The molecule has 19 heavy (non-hydrogen) atoms. The van der Waals surface area contributed by atoms with E-state index in [1.807, 2.05) is 18.2 Å². The zero-order valence-electron chi connectivity index (χ0n) is 11.2. The smallest absolute Gasteiger partial charge is 0.147 e. The molecule has 100 valence electrons. The van der Waals surface area contributed by atoms with Gasteiger partial charge in [0.25, 0.3) is 0 Å². The van der Waals surface area contributed by atoms with E-state index < -0.39 is 0 Å². The highest BCUT2D eigenvalue weighted by Gasteiger charge is 2.27. The van der Waals surface area contributed by atoms with E-state index in [1.165, 1.54) is 5.56 Å². The van der Waals surface area contributed by atoms with Gasteiger partial charge >= 0.3 is 0 Å². The molecule has 0 N–H and O–H groups in total. The van der Waals surface area contributed by atoms with Crippen LogP contribution in [-0.2, 0) is 11.8 Å². The van der Waals surface area contributed by atoms with Crippen LogP contribution in [0.5, 0.6) is 0 Å². The molecule has 0 fully saturated rings. The maximum atomic E-state index is 6.19. The number of benzene rings is 1. The normalized spacial score (nSPS) is 11.6. The Morgan fingerprint density at radius 3 is 2.37 bits per heavy atom. The molecule has 0 unspecified atom stereocenters. The van der Waals surface area contributed by atoms with Crippen LogP contribution in [0.3, 0.4) is 0 Å². The maximum Gasteiger partial charge on any atom is 0.147 e. The summed E-state index contributed by atoms with van der Waals surface area (Å²) in [6, 6.07) is 10.2. The largest absolute Gasteiger partial charge is 0.236 e. The fraction of sp³-hybridized carbons (Fsp3) is 0.333. The SMILES string of the molecule is CCc1nc(C(C)(C)c2ccccc2)nc(Cl)c1Br. The fourth-order valence-electron chi connectivity index (χ4n) is 1.96. The molecule has 0 radical (unpaired) electrons. The predicted octanol–water partition coefficient (Wildman–Crippen LogP) is 4.78. The molecule has 0 aliphatic carbocycles. The third-order valence-electron chi connectivity index (χ3n) is 3.27. The van der Waals surface area contributed by atoms with Crippen LogP contribution in [0.15, 0.2) is 34.8 Å². The molecule has 4 heteroatoms. The Morgan fingerprint density at radius 2 is 1.79 bits per heavy atom. The minimum Gasteiger partial charge on any atom is -0.236 e. The number of halogens is 2. The maximum absolute atomic E-state index is 6.19. The van der Waals surface area contributed by atoms with Crippen molar-refractivity contribution in [2.24, 2.45) is 0 Å². The molecule has 0 amide bonds. The Balaban J connectivity index is 2.55. The van der Waals surface area contributed by atoms with Crippen LogP contribution in [0.4, 0.5) is 0 Å². The molecule has 1 aromatic heterocycles. The first-order valence-corrected chi connectivity index (χ1v) is 7.41. The third kappa shape index (κ3) is 2.82. The van der Waals surface area contributed by atoms with Gasteiger partial charge in [-0.2, -0.15) is 0 Å². The second kappa shape index (κ2) is 5.59. The summed E-state index contributed by atoms with van der Waals surface area (Å²) in [5, 5.41) is 0.478. The minimum atomic E-state index is -0.268. The molecule has 1 heterocycles. The average molecular weight is 340 g/mol. The van der Waals surface area contributed by atoms with Crippen molar-refractivity contribution in [1.29, 1.82) is 0 Å². The van der Waals surface area contributed by atoms with Crippen LogP contribution in [0.1, 0.15) is 37.9 Å². The fourth-order valence-corrected chi connectivity index (χ4v) is 2.61. The van der Waals surface area contributed by atoms with Crippen LogP contribution in [0.2, 0.25) is 5.15 Å². The number of hydrogen-bond acceptors (Lipinski definition) is 2. The molecule has 0 aliphatic rings. The Bertz CT molecular complexity index is 582. The lowest BCUT2D eigenvalue weighted by atomic mass is 9.84. The highest BCUT2D eigenvalue weighted by Crippen LogP contribution is 2.32. The molecule has 1 aromatic carbocycles. The van der Waals surface area contributed by atoms with Crippen molar-refractivity contribution in [1.82, 2.24) is 9.97 Å². The first kappa shape index (κ1) is 14.5. The van der Waals surface area contributed by atoms with Gasteiger partial charge in [-0.05, 0) is 41.8 Å². The molecule has 0 bridgehead atoms. The molecule has 2 nitrogen and oxygen atoms in total. The summed E-state index contributed by atoms with van der Waals surface area (Å²) in [5.41, 5.74) is 1.85. The number of hydrogen-bond donors (Lipinski definition) is 0. The first-order chi connectivity index (χ1) is 8.96. The summed E-state index contributed by atoms with van der Waals surface area (Å²) in [6.45, 7) is 6.28. The van der Waals surface area contributed by atoms with E-state index in [4.69, 9.17) is 11.6 Å². The van der Waals surface area contributed by atoms with Gasteiger partial charge in [-0.25, -0.2) is 9.97 Å². The third-order valence-corrected chi connectivity index (χ3v) is 4.60. The number of rotatable bonds is 3. The van der Waals surface area contributed by atoms with Crippen molar-refractivity contribution >= 4 is 27.5 Å². The lowest BCUT2D eigenvalue weighted by Crippen LogP contribution is -2.23. The predicted molar refractivity (Wildman–Crippen MR) is 82.7 cm³/mol. The molecule has 2 aromatic rings. The Kier molecular flexibility index (Phi) is 4.26. The number of nitrogens with zero attached hydrogens (tertiary/aromatic N) is 2. The first-order valence-electron chi connectivity index (χ1n) is 6.24. The molecule has 0 saturated carbocycles. The van der Waals surface area contributed by atoms with Crippen molar-refractivity contribution in [3.05, 3.63) is 57.0 Å². The van der Waals surface area contributed by atoms with E-state index in [0.29, 0.717) is 5.15 Å². The van der Waals surface area contributed by atoms with E-state index >= 15 is 0 Å². The van der Waals surface area contributed by atoms with Crippen molar-refractivity contribution in [2.45, 2.75) is 32.6 Å². The van der Waals surface area contributed by atoms with E-state index in [2.05, 4.69) is 58.8 Å². The quantitative estimate of drug-likeness (QED) is 0.752. The van der Waals surface area contributed by atoms with Crippen molar-refractivity contribution in [2.75, 3.05) is 0 Å². The molecule has 0 aliphatic heterocycles. The summed E-state index contributed by atoms with van der Waals surface area (Å²) in [5.74, 6) is 0.753. The zero-order valence-corrected chi connectivity index (χ0v) is 13.6. The van der Waals surface area contributed by atoms with Crippen molar-refractivity contribution in [3.8, 4) is 0 Å². The summed E-state index contributed by atoms with van der Waals surface area (Å²) in [7, 11) is 0. The summed E-state index contributed by atoms with van der Waals surface area (Å²) in [4.78, 5) is 9.09. The van der Waals surface area contributed by atoms with Gasteiger partial charge in [-0.1, -0.05) is 48.9 Å². The molecule has 0 atom stereocenters. The zero-order chi connectivity index (χ0) is 14.0. The van der Waals surface area contributed by atoms with E-state index in [0.717, 1.165) is 22.4 Å². The average Bonchev–Trinajstić information content (AvgIpc) is 2.42. The molecule has 0 saturated heterocycles. The van der Waals surface area contributed by atoms with E-state index in [-0.39, 0.29) is 5.41 Å². The van der Waals surface area contributed by atoms with Gasteiger partial charge in [0.05, 0.1) is 10.2 Å². The lowest BCUT2D eigenvalue weighted by molar-refractivity contribution is 0.584. The minimum absolute atomic E-state index is 0.268. The molecular formula is C15H16BrClN2. The van der Waals surface area contributed by atoms with Crippen molar-refractivity contribution in [3.63, 3.8) is 0 Å². The van der Waals surface area contributed by atoms with E-state index in [9.17, 15) is 0 Å². The van der Waals surface area contributed by atoms with Gasteiger partial charge in [-0.3, -0.25) is 0 Å². The second-order valence-electron chi connectivity index (χ2n) is 4.94. The number of aryl methyl sites for hydroxylation is 1. The Morgan fingerprint density at radius 1 is 1.16 bits per heavy atom. The van der Waals surface area contributed by atoms with Crippen LogP contribution in [0, 0.1) is 0 Å². The van der Waals surface area contributed by atoms with Gasteiger partial charge in [0.1, 0.15) is 11.0 Å². The van der Waals surface area contributed by atoms with Crippen LogP contribution in [-0.4, -0.2) is 9.97 Å². The van der Waals surface area contributed by atoms with Gasteiger partial charge in [0.2, 0.25) is 0 Å². The summed E-state index contributed by atoms with van der Waals surface area (Å²) in [6.07, 6.45) is 0.820. The summed E-state index contributed by atoms with van der Waals surface area (Å²) < 4.78 is 0.796. The van der Waals surface area contributed by atoms with Gasteiger partial charge in [-0.15, -0.1) is 0 Å². The second-order valence-corrected chi connectivity index (χ2v) is 6.09. The molecular weight excluding hydrogens is 324 g/mol. The van der Waals surface area contributed by atoms with Crippen molar-refractivity contribution < 1.29 is 0 Å². The van der Waals surface area contributed by atoms with Crippen LogP contribution >= 0.6 is 27.5 Å². The highest BCUT2D eigenvalue weighted by molar-refractivity contribution is 9.10. The van der Waals surface area contributed by atoms with Gasteiger partial charge in [0, 0.05) is 5.41 Å². The van der Waals surface area contributed by atoms with Gasteiger partial charge in [0.15, 0.2) is 0 Å². The van der Waals surface area contributed by atoms with E-state index in [1.54, 1.807) is 0 Å². The Labute approximate surface area is 127 Å². The standard InChI is InChI=1S/C15H16BrClN2/c1-4-11-12(16)13(17)19-14(18-11)15(2,3)10-8-6-5-7-9-10/h5-9H,4H2,1-3H3. The monoisotopic (exact) mass is 338 g/mol. The molecule has 2 rings (SSSR count). The summed E-state index contributed by atoms with van der Waals surface area (Å²) >= 11 is 9.63. The van der Waals surface area contributed by atoms with Crippen LogP contribution in [0.25, 0.3) is 0 Å². The van der Waals surface area contributed by atoms with Crippen LogP contribution < -0.4 is 0 Å². The Hall–Kier alpha value is -0.930. The topological polar surface area (TPSA) is 25.8 Å². The lowest BCUT2D eigenvalue weighted by Gasteiger charge is -2.24. The highest BCUT2D eigenvalue weighted by atomic mass is 79.9. The molecule has 0 spiro atoms. The number of aromatic nitrogens is 2. The van der Waals surface area contributed by atoms with Gasteiger partial charge < -0.3 is 0 Å².